The van der Waals surface area contributed by atoms with Crippen molar-refractivity contribution in [3.8, 4) is 0 Å². The highest BCUT2D eigenvalue weighted by molar-refractivity contribution is 5.74. The third kappa shape index (κ3) is 1.27. The molecular weight excluding hydrogens is 188 g/mol. The van der Waals surface area contributed by atoms with Gasteiger partial charge in [-0.05, 0) is 30.5 Å². The van der Waals surface area contributed by atoms with Crippen molar-refractivity contribution < 1.29 is 4.42 Å². The summed E-state index contributed by atoms with van der Waals surface area (Å²) in [5, 5.41) is 0. The van der Waals surface area contributed by atoms with E-state index in [0.29, 0.717) is 0 Å². The van der Waals surface area contributed by atoms with Crippen LogP contribution in [-0.4, -0.2) is 11.5 Å². The van der Waals surface area contributed by atoms with Crippen LogP contribution in [0.5, 0.6) is 0 Å². The number of aromatic nitrogens is 1. The quantitative estimate of drug-likeness (QED) is 0.811. The van der Waals surface area contributed by atoms with E-state index >= 15 is 0 Å². The van der Waals surface area contributed by atoms with Gasteiger partial charge in [0.1, 0.15) is 5.52 Å². The maximum Gasteiger partial charge on any atom is 0.192 e. The Kier molecular flexibility index (Phi) is 1.68. The van der Waals surface area contributed by atoms with Crippen molar-refractivity contribution in [2.45, 2.75) is 25.2 Å². The summed E-state index contributed by atoms with van der Waals surface area (Å²) in [6, 6.07) is 6.24. The van der Waals surface area contributed by atoms with Crippen molar-refractivity contribution in [3.63, 3.8) is 0 Å². The van der Waals surface area contributed by atoms with E-state index in [9.17, 15) is 0 Å². The normalized spacial score (nSPS) is 18.3. The number of hydrogen-bond acceptors (Lipinski definition) is 3. The molecule has 1 fully saturated rings. The van der Waals surface area contributed by atoms with Crippen molar-refractivity contribution in [3.05, 3.63) is 29.7 Å². The summed E-state index contributed by atoms with van der Waals surface area (Å²) in [6.45, 7) is 2.60. The second-order valence-electron chi connectivity index (χ2n) is 4.40. The number of benzene rings is 1. The predicted octanol–water partition coefficient (Wildman–Crippen LogP) is 2.13. The molecule has 1 aromatic carbocycles. The Morgan fingerprint density at radius 3 is 2.93 bits per heavy atom. The molecule has 0 amide bonds. The largest absolute Gasteiger partial charge is 0.441 e. The van der Waals surface area contributed by atoms with Crippen LogP contribution in [0.4, 0.5) is 0 Å². The average molecular weight is 202 g/mol. The lowest BCUT2D eigenvalue weighted by Gasteiger charge is -2.11. The van der Waals surface area contributed by atoms with Gasteiger partial charge < -0.3 is 10.2 Å². The van der Waals surface area contributed by atoms with Gasteiger partial charge in [0.25, 0.3) is 0 Å². The summed E-state index contributed by atoms with van der Waals surface area (Å²) >= 11 is 0. The van der Waals surface area contributed by atoms with Gasteiger partial charge in [-0.1, -0.05) is 6.07 Å². The fourth-order valence-electron chi connectivity index (χ4n) is 2.13. The van der Waals surface area contributed by atoms with Crippen LogP contribution in [0.25, 0.3) is 11.1 Å². The van der Waals surface area contributed by atoms with Crippen molar-refractivity contribution in [2.75, 3.05) is 6.54 Å². The van der Waals surface area contributed by atoms with Gasteiger partial charge in [0.15, 0.2) is 11.5 Å². The molecule has 0 spiro atoms. The van der Waals surface area contributed by atoms with E-state index in [1.807, 2.05) is 13.0 Å². The molecule has 0 radical (unpaired) electrons. The van der Waals surface area contributed by atoms with Crippen LogP contribution in [0.15, 0.2) is 22.6 Å². The Bertz CT molecular complexity index is 511. The first-order valence-corrected chi connectivity index (χ1v) is 5.31. The minimum absolute atomic E-state index is 0.237. The molecule has 3 heteroatoms. The molecule has 0 atom stereocenters. The second-order valence-corrected chi connectivity index (χ2v) is 4.40. The number of rotatable bonds is 2. The molecule has 0 bridgehead atoms. The zero-order chi connectivity index (χ0) is 10.5. The zero-order valence-corrected chi connectivity index (χ0v) is 8.79. The fraction of sp³-hybridized carbons (Fsp3) is 0.417. The lowest BCUT2D eigenvalue weighted by atomic mass is 9.96. The number of nitrogens with two attached hydrogens (primary N) is 1. The molecule has 2 N–H and O–H groups in total. The summed E-state index contributed by atoms with van der Waals surface area (Å²) < 4.78 is 5.45. The maximum atomic E-state index is 5.81. The first kappa shape index (κ1) is 8.92. The van der Waals surface area contributed by atoms with Gasteiger partial charge >= 0.3 is 0 Å². The van der Waals surface area contributed by atoms with Crippen LogP contribution in [0, 0.1) is 6.92 Å². The molecular formula is C12H14N2O. The lowest BCUT2D eigenvalue weighted by Crippen LogP contribution is -2.19. The summed E-state index contributed by atoms with van der Waals surface area (Å²) in [5.74, 6) is 0.722. The number of hydrogen-bond donors (Lipinski definition) is 1. The van der Waals surface area contributed by atoms with Crippen LogP contribution in [0.2, 0.25) is 0 Å². The lowest BCUT2D eigenvalue weighted by molar-refractivity contribution is 0.561. The summed E-state index contributed by atoms with van der Waals surface area (Å²) in [7, 11) is 0. The SMILES string of the molecule is Cc1nc2cc(C3(CN)CC3)ccc2o1. The van der Waals surface area contributed by atoms with Gasteiger partial charge in [-0.25, -0.2) is 4.98 Å². The van der Waals surface area contributed by atoms with Gasteiger partial charge in [0.05, 0.1) is 0 Å². The van der Waals surface area contributed by atoms with E-state index in [1.54, 1.807) is 0 Å². The summed E-state index contributed by atoms with van der Waals surface area (Å²) in [5.41, 5.74) is 9.17. The number of fused-ring (bicyclic) bond motifs is 1. The molecule has 1 aliphatic carbocycles. The molecule has 1 saturated carbocycles. The molecule has 2 aromatic rings. The van der Waals surface area contributed by atoms with Gasteiger partial charge in [0.2, 0.25) is 0 Å². The molecule has 1 aliphatic rings. The molecule has 0 saturated heterocycles. The highest BCUT2D eigenvalue weighted by atomic mass is 16.3. The van der Waals surface area contributed by atoms with Crippen LogP contribution in [0.1, 0.15) is 24.3 Å². The third-order valence-electron chi connectivity index (χ3n) is 3.35. The maximum absolute atomic E-state index is 5.81. The van der Waals surface area contributed by atoms with Crippen LogP contribution in [0.3, 0.4) is 0 Å². The third-order valence-corrected chi connectivity index (χ3v) is 3.35. The Morgan fingerprint density at radius 2 is 2.27 bits per heavy atom. The molecule has 1 heterocycles. The van der Waals surface area contributed by atoms with Crippen molar-refractivity contribution >= 4 is 11.1 Å². The smallest absolute Gasteiger partial charge is 0.192 e. The van der Waals surface area contributed by atoms with Crippen LogP contribution >= 0.6 is 0 Å². The predicted molar refractivity (Wildman–Crippen MR) is 58.7 cm³/mol. The van der Waals surface area contributed by atoms with E-state index in [1.165, 1.54) is 18.4 Å². The zero-order valence-electron chi connectivity index (χ0n) is 8.79. The van der Waals surface area contributed by atoms with Crippen LogP contribution < -0.4 is 5.73 Å². The second kappa shape index (κ2) is 2.83. The topological polar surface area (TPSA) is 52.0 Å². The number of oxazole rings is 1. The monoisotopic (exact) mass is 202 g/mol. The number of nitrogens with zero attached hydrogens (tertiary/aromatic N) is 1. The molecule has 3 nitrogen and oxygen atoms in total. The minimum Gasteiger partial charge on any atom is -0.441 e. The standard InChI is InChI=1S/C12H14N2O/c1-8-14-10-6-9(2-3-11(10)15-8)12(7-13)4-5-12/h2-3,6H,4-5,7,13H2,1H3. The first-order valence-electron chi connectivity index (χ1n) is 5.31. The molecule has 78 valence electrons. The fourth-order valence-corrected chi connectivity index (χ4v) is 2.13. The highest BCUT2D eigenvalue weighted by Gasteiger charge is 2.42. The first-order chi connectivity index (χ1) is 7.23. The molecule has 0 unspecified atom stereocenters. The molecule has 0 aliphatic heterocycles. The van der Waals surface area contributed by atoms with Crippen LogP contribution in [-0.2, 0) is 5.41 Å². The van der Waals surface area contributed by atoms with E-state index in [4.69, 9.17) is 10.2 Å². The molecule has 1 aromatic heterocycles. The van der Waals surface area contributed by atoms with Crippen molar-refractivity contribution in [2.24, 2.45) is 5.73 Å². The Hall–Kier alpha value is -1.35. The Morgan fingerprint density at radius 1 is 1.47 bits per heavy atom. The molecule has 3 rings (SSSR count). The van der Waals surface area contributed by atoms with Gasteiger partial charge in [-0.15, -0.1) is 0 Å². The van der Waals surface area contributed by atoms with E-state index in [-0.39, 0.29) is 5.41 Å². The summed E-state index contributed by atoms with van der Waals surface area (Å²) in [4.78, 5) is 4.34. The number of aryl methyl sites for hydroxylation is 1. The minimum atomic E-state index is 0.237. The Labute approximate surface area is 88.3 Å². The van der Waals surface area contributed by atoms with E-state index in [2.05, 4.69) is 17.1 Å². The Balaban J connectivity index is 2.13. The summed E-state index contributed by atoms with van der Waals surface area (Å²) in [6.07, 6.45) is 2.40. The molecule has 15 heavy (non-hydrogen) atoms. The van der Waals surface area contributed by atoms with Crippen molar-refractivity contribution in [1.82, 2.24) is 4.98 Å². The van der Waals surface area contributed by atoms with Crippen molar-refractivity contribution in [1.29, 1.82) is 0 Å². The van der Waals surface area contributed by atoms with E-state index < -0.39 is 0 Å². The van der Waals surface area contributed by atoms with Gasteiger partial charge in [-0.3, -0.25) is 0 Å². The van der Waals surface area contributed by atoms with E-state index in [0.717, 1.165) is 23.5 Å². The van der Waals surface area contributed by atoms with Gasteiger partial charge in [-0.2, -0.15) is 0 Å². The van der Waals surface area contributed by atoms with Gasteiger partial charge in [0, 0.05) is 18.9 Å². The average Bonchev–Trinajstić information content (AvgIpc) is 2.94. The highest BCUT2D eigenvalue weighted by Crippen LogP contribution is 2.47.